The van der Waals surface area contributed by atoms with Gasteiger partial charge in [0.15, 0.2) is 11.5 Å². The molecular formula is C11H17NO3. The predicted octanol–water partition coefficient (Wildman–Crippen LogP) is 1.13. The van der Waals surface area contributed by atoms with Crippen LogP contribution < -0.4 is 5.32 Å². The van der Waals surface area contributed by atoms with Crippen LogP contribution in [-0.4, -0.2) is 30.1 Å². The summed E-state index contributed by atoms with van der Waals surface area (Å²) in [6.07, 6.45) is 0.00519. The van der Waals surface area contributed by atoms with Crippen LogP contribution in [0.4, 0.5) is 0 Å². The van der Waals surface area contributed by atoms with Gasteiger partial charge in [-0.25, -0.2) is 0 Å². The van der Waals surface area contributed by atoms with Gasteiger partial charge in [0.1, 0.15) is 5.76 Å². The fourth-order valence-electron chi connectivity index (χ4n) is 1.22. The van der Waals surface area contributed by atoms with Gasteiger partial charge in [-0.15, -0.1) is 0 Å². The van der Waals surface area contributed by atoms with Gasteiger partial charge in [-0.05, 0) is 26.0 Å². The van der Waals surface area contributed by atoms with E-state index in [1.165, 1.54) is 0 Å². The van der Waals surface area contributed by atoms with Gasteiger partial charge in [-0.1, -0.05) is 0 Å². The number of rotatable bonds is 6. The Morgan fingerprint density at radius 3 is 2.87 bits per heavy atom. The quantitative estimate of drug-likeness (QED) is 0.547. The summed E-state index contributed by atoms with van der Waals surface area (Å²) in [5.41, 5.74) is 0. The molecule has 15 heavy (non-hydrogen) atoms. The van der Waals surface area contributed by atoms with E-state index in [0.29, 0.717) is 25.3 Å². The summed E-state index contributed by atoms with van der Waals surface area (Å²) < 4.78 is 5.20. The van der Waals surface area contributed by atoms with Crippen LogP contribution in [0.15, 0.2) is 16.5 Å². The third-order valence-corrected chi connectivity index (χ3v) is 1.98. The van der Waals surface area contributed by atoms with Crippen molar-refractivity contribution in [3.8, 4) is 0 Å². The molecule has 0 fully saturated rings. The average molecular weight is 211 g/mol. The Labute approximate surface area is 89.3 Å². The van der Waals surface area contributed by atoms with Crippen LogP contribution in [0.1, 0.15) is 29.7 Å². The molecule has 4 nitrogen and oxygen atoms in total. The van der Waals surface area contributed by atoms with Gasteiger partial charge in [-0.3, -0.25) is 4.79 Å². The molecule has 0 aliphatic carbocycles. The van der Waals surface area contributed by atoms with Gasteiger partial charge in [0, 0.05) is 19.5 Å². The van der Waals surface area contributed by atoms with Crippen molar-refractivity contribution in [2.24, 2.45) is 0 Å². The van der Waals surface area contributed by atoms with Crippen LogP contribution in [0.25, 0.3) is 0 Å². The zero-order valence-electron chi connectivity index (χ0n) is 9.12. The zero-order valence-corrected chi connectivity index (χ0v) is 9.12. The van der Waals surface area contributed by atoms with E-state index in [-0.39, 0.29) is 11.9 Å². The third-order valence-electron chi connectivity index (χ3n) is 1.98. The van der Waals surface area contributed by atoms with Gasteiger partial charge < -0.3 is 14.8 Å². The molecule has 0 saturated carbocycles. The lowest BCUT2D eigenvalue weighted by Crippen LogP contribution is -2.26. The third kappa shape index (κ3) is 4.27. The maximum absolute atomic E-state index is 11.5. The van der Waals surface area contributed by atoms with Crippen LogP contribution in [0.5, 0.6) is 0 Å². The van der Waals surface area contributed by atoms with Crippen molar-refractivity contribution in [2.75, 3.05) is 13.1 Å². The number of hydrogen-bond donors (Lipinski definition) is 2. The monoisotopic (exact) mass is 211 g/mol. The van der Waals surface area contributed by atoms with E-state index in [0.717, 1.165) is 5.76 Å². The van der Waals surface area contributed by atoms with Crippen LogP contribution in [0, 0.1) is 6.92 Å². The Balaban J connectivity index is 2.25. The number of furan rings is 1. The summed E-state index contributed by atoms with van der Waals surface area (Å²) in [4.78, 5) is 11.5. The highest BCUT2D eigenvalue weighted by Crippen LogP contribution is 2.08. The molecule has 0 aromatic carbocycles. The summed E-state index contributed by atoms with van der Waals surface area (Å²) in [7, 11) is 0. The number of nitrogens with one attached hydrogen (secondary N) is 1. The lowest BCUT2D eigenvalue weighted by atomic mass is 10.2. The number of carbonyl (C=O) groups is 1. The SMILES string of the molecule is Cc1ccc(C(=O)CCNCC(C)O)o1. The van der Waals surface area contributed by atoms with Crippen molar-refractivity contribution in [2.45, 2.75) is 26.4 Å². The summed E-state index contributed by atoms with van der Waals surface area (Å²) in [6, 6.07) is 3.46. The second kappa shape index (κ2) is 5.68. The topological polar surface area (TPSA) is 62.5 Å². The van der Waals surface area contributed by atoms with Crippen LogP contribution in [0.3, 0.4) is 0 Å². The summed E-state index contributed by atoms with van der Waals surface area (Å²) in [6.45, 7) is 4.57. The lowest BCUT2D eigenvalue weighted by Gasteiger charge is -2.05. The smallest absolute Gasteiger partial charge is 0.199 e. The van der Waals surface area contributed by atoms with E-state index in [1.54, 1.807) is 19.1 Å². The molecule has 0 aliphatic rings. The molecular weight excluding hydrogens is 194 g/mol. The first kappa shape index (κ1) is 11.9. The number of hydrogen-bond acceptors (Lipinski definition) is 4. The van der Waals surface area contributed by atoms with Crippen molar-refractivity contribution in [1.29, 1.82) is 0 Å². The minimum atomic E-state index is -0.383. The Morgan fingerprint density at radius 1 is 1.60 bits per heavy atom. The van der Waals surface area contributed by atoms with Gasteiger partial charge in [0.05, 0.1) is 6.10 Å². The van der Waals surface area contributed by atoms with Crippen molar-refractivity contribution < 1.29 is 14.3 Å². The van der Waals surface area contributed by atoms with Crippen molar-refractivity contribution in [3.63, 3.8) is 0 Å². The molecule has 1 heterocycles. The summed E-state index contributed by atoms with van der Waals surface area (Å²) in [5, 5.41) is 12.0. The first-order valence-electron chi connectivity index (χ1n) is 5.08. The van der Waals surface area contributed by atoms with Crippen LogP contribution in [-0.2, 0) is 0 Å². The molecule has 0 radical (unpaired) electrons. The molecule has 2 N–H and O–H groups in total. The van der Waals surface area contributed by atoms with Crippen molar-refractivity contribution >= 4 is 5.78 Å². The number of aliphatic hydroxyl groups is 1. The maximum atomic E-state index is 11.5. The fraction of sp³-hybridized carbons (Fsp3) is 0.545. The van der Waals surface area contributed by atoms with Gasteiger partial charge in [0.25, 0.3) is 0 Å². The molecule has 1 aromatic heterocycles. The summed E-state index contributed by atoms with van der Waals surface area (Å²) in [5.74, 6) is 1.14. The second-order valence-corrected chi connectivity index (χ2v) is 3.64. The number of Topliss-reactive ketones (excluding diaryl/α,β-unsaturated/α-hetero) is 1. The molecule has 1 atom stereocenters. The molecule has 1 unspecified atom stereocenters. The first-order valence-corrected chi connectivity index (χ1v) is 5.08. The number of aliphatic hydroxyl groups excluding tert-OH is 1. The highest BCUT2D eigenvalue weighted by molar-refractivity contribution is 5.93. The van der Waals surface area contributed by atoms with E-state index < -0.39 is 0 Å². The molecule has 1 rings (SSSR count). The number of aryl methyl sites for hydroxylation is 1. The second-order valence-electron chi connectivity index (χ2n) is 3.64. The van der Waals surface area contributed by atoms with Gasteiger partial charge in [0.2, 0.25) is 0 Å². The standard InChI is InChI=1S/C11H17NO3/c1-8(13)7-12-6-5-10(14)11-4-3-9(2)15-11/h3-4,8,12-13H,5-7H2,1-2H3. The summed E-state index contributed by atoms with van der Waals surface area (Å²) >= 11 is 0. The number of ketones is 1. The van der Waals surface area contributed by atoms with E-state index in [9.17, 15) is 4.79 Å². The largest absolute Gasteiger partial charge is 0.458 e. The molecule has 0 aliphatic heterocycles. The molecule has 0 bridgehead atoms. The van der Waals surface area contributed by atoms with Crippen LogP contribution >= 0.6 is 0 Å². The van der Waals surface area contributed by atoms with Crippen molar-refractivity contribution in [3.05, 3.63) is 23.7 Å². The average Bonchev–Trinajstić information content (AvgIpc) is 2.59. The molecule has 4 heteroatoms. The van der Waals surface area contributed by atoms with E-state index >= 15 is 0 Å². The Hall–Kier alpha value is -1.13. The fourth-order valence-corrected chi connectivity index (χ4v) is 1.22. The van der Waals surface area contributed by atoms with E-state index in [2.05, 4.69) is 5.32 Å². The predicted molar refractivity (Wildman–Crippen MR) is 56.9 cm³/mol. The zero-order chi connectivity index (χ0) is 11.3. The Bertz CT molecular complexity index is 317. The molecule has 0 spiro atoms. The van der Waals surface area contributed by atoms with E-state index in [1.807, 2.05) is 6.92 Å². The van der Waals surface area contributed by atoms with E-state index in [4.69, 9.17) is 9.52 Å². The highest BCUT2D eigenvalue weighted by Gasteiger charge is 2.09. The lowest BCUT2D eigenvalue weighted by molar-refractivity contribution is 0.0952. The minimum Gasteiger partial charge on any atom is -0.458 e. The highest BCUT2D eigenvalue weighted by atomic mass is 16.3. The Morgan fingerprint density at radius 2 is 2.33 bits per heavy atom. The number of carbonyl (C=O) groups excluding carboxylic acids is 1. The van der Waals surface area contributed by atoms with Crippen LogP contribution in [0.2, 0.25) is 0 Å². The Kier molecular flexibility index (Phi) is 4.52. The first-order chi connectivity index (χ1) is 7.09. The van der Waals surface area contributed by atoms with Gasteiger partial charge >= 0.3 is 0 Å². The molecule has 0 amide bonds. The molecule has 1 aromatic rings. The van der Waals surface area contributed by atoms with Crippen molar-refractivity contribution in [1.82, 2.24) is 5.32 Å². The minimum absolute atomic E-state index is 0.0128. The molecule has 84 valence electrons. The normalized spacial score (nSPS) is 12.7. The maximum Gasteiger partial charge on any atom is 0.199 e. The molecule has 0 saturated heterocycles. The van der Waals surface area contributed by atoms with Gasteiger partial charge in [-0.2, -0.15) is 0 Å².